The standard InChI is InChI=1S/C25H21N3O2S2/c29-21(26-18-13-14-18)15-31-25-27-22(17-8-2-1-3-9-17)24(32-25)28-23(30)20-12-6-10-16-7-4-5-11-19(16)20/h1-12,18H,13-15H2,(H,26,29)(H,28,30). The summed E-state index contributed by atoms with van der Waals surface area (Å²) in [4.78, 5) is 30.0. The molecule has 3 aromatic carbocycles. The molecule has 160 valence electrons. The Balaban J connectivity index is 1.41. The first-order valence-electron chi connectivity index (χ1n) is 10.4. The molecule has 1 aliphatic carbocycles. The topological polar surface area (TPSA) is 71.1 Å². The van der Waals surface area contributed by atoms with Crippen molar-refractivity contribution in [1.82, 2.24) is 10.3 Å². The number of carbonyl (C=O) groups excluding carboxylic acids is 2. The predicted molar refractivity (Wildman–Crippen MR) is 131 cm³/mol. The molecule has 1 fully saturated rings. The van der Waals surface area contributed by atoms with Gasteiger partial charge < -0.3 is 10.6 Å². The monoisotopic (exact) mass is 459 g/mol. The van der Waals surface area contributed by atoms with Crippen LogP contribution in [0.2, 0.25) is 0 Å². The number of thiazole rings is 1. The summed E-state index contributed by atoms with van der Waals surface area (Å²) in [6.07, 6.45) is 2.13. The third-order valence-corrected chi connectivity index (χ3v) is 7.30. The van der Waals surface area contributed by atoms with Crippen LogP contribution in [0.5, 0.6) is 0 Å². The van der Waals surface area contributed by atoms with Crippen LogP contribution in [0.15, 0.2) is 77.1 Å². The van der Waals surface area contributed by atoms with Crippen molar-refractivity contribution in [1.29, 1.82) is 0 Å². The number of rotatable bonds is 7. The largest absolute Gasteiger partial charge is 0.353 e. The summed E-state index contributed by atoms with van der Waals surface area (Å²) in [6.45, 7) is 0. The molecule has 0 bridgehead atoms. The zero-order valence-electron chi connectivity index (χ0n) is 17.2. The van der Waals surface area contributed by atoms with Gasteiger partial charge in [-0.25, -0.2) is 4.98 Å². The summed E-state index contributed by atoms with van der Waals surface area (Å²) < 4.78 is 0.753. The van der Waals surface area contributed by atoms with Crippen LogP contribution in [-0.2, 0) is 4.79 Å². The lowest BCUT2D eigenvalue weighted by atomic mass is 10.0. The van der Waals surface area contributed by atoms with E-state index in [1.165, 1.54) is 23.1 Å². The smallest absolute Gasteiger partial charge is 0.256 e. The van der Waals surface area contributed by atoms with Gasteiger partial charge in [-0.2, -0.15) is 0 Å². The molecule has 1 aromatic heterocycles. The Kier molecular flexibility index (Phi) is 5.92. The number of benzene rings is 3. The Bertz CT molecular complexity index is 1280. The molecule has 0 saturated heterocycles. The molecule has 2 N–H and O–H groups in total. The molecular formula is C25H21N3O2S2. The first-order chi connectivity index (χ1) is 15.7. The van der Waals surface area contributed by atoms with Crippen molar-refractivity contribution in [2.75, 3.05) is 11.1 Å². The lowest BCUT2D eigenvalue weighted by Gasteiger charge is -2.08. The Morgan fingerprint density at radius 2 is 1.72 bits per heavy atom. The second kappa shape index (κ2) is 9.14. The van der Waals surface area contributed by atoms with Gasteiger partial charge in [-0.05, 0) is 29.7 Å². The Hall–Kier alpha value is -3.16. The summed E-state index contributed by atoms with van der Waals surface area (Å²) in [7, 11) is 0. The highest BCUT2D eigenvalue weighted by Gasteiger charge is 2.24. The Morgan fingerprint density at radius 1 is 0.969 bits per heavy atom. The highest BCUT2D eigenvalue weighted by molar-refractivity contribution is 8.01. The van der Waals surface area contributed by atoms with Crippen LogP contribution >= 0.6 is 23.1 Å². The minimum absolute atomic E-state index is 0.0234. The van der Waals surface area contributed by atoms with Crippen LogP contribution in [0.25, 0.3) is 22.0 Å². The molecule has 5 nitrogen and oxygen atoms in total. The van der Waals surface area contributed by atoms with E-state index < -0.39 is 0 Å². The van der Waals surface area contributed by atoms with Crippen LogP contribution in [-0.4, -0.2) is 28.6 Å². The fraction of sp³-hybridized carbons (Fsp3) is 0.160. The first kappa shape index (κ1) is 20.7. The third kappa shape index (κ3) is 4.69. The van der Waals surface area contributed by atoms with Gasteiger partial charge in [0.2, 0.25) is 5.91 Å². The molecule has 7 heteroatoms. The fourth-order valence-electron chi connectivity index (χ4n) is 3.46. The highest BCUT2D eigenvalue weighted by atomic mass is 32.2. The molecule has 2 amide bonds. The maximum atomic E-state index is 13.2. The number of carbonyl (C=O) groups is 2. The van der Waals surface area contributed by atoms with E-state index >= 15 is 0 Å². The fourth-order valence-corrected chi connectivity index (χ4v) is 5.33. The van der Waals surface area contributed by atoms with Crippen LogP contribution in [0.1, 0.15) is 23.2 Å². The molecular weight excluding hydrogens is 438 g/mol. The normalized spacial score (nSPS) is 13.1. The third-order valence-electron chi connectivity index (χ3n) is 5.19. The lowest BCUT2D eigenvalue weighted by Crippen LogP contribution is -2.26. The Morgan fingerprint density at radius 3 is 2.53 bits per heavy atom. The predicted octanol–water partition coefficient (Wildman–Crippen LogP) is 5.59. The van der Waals surface area contributed by atoms with E-state index in [2.05, 4.69) is 10.6 Å². The van der Waals surface area contributed by atoms with E-state index in [0.717, 1.165) is 33.5 Å². The van der Waals surface area contributed by atoms with E-state index in [4.69, 9.17) is 4.98 Å². The summed E-state index contributed by atoms with van der Waals surface area (Å²) >= 11 is 2.80. The second-order valence-corrected chi connectivity index (χ2v) is 9.86. The quantitative estimate of drug-likeness (QED) is 0.354. The van der Waals surface area contributed by atoms with Crippen molar-refractivity contribution in [2.45, 2.75) is 23.2 Å². The average molecular weight is 460 g/mol. The molecule has 0 spiro atoms. The number of aromatic nitrogens is 1. The Labute approximate surface area is 194 Å². The number of nitrogens with one attached hydrogen (secondary N) is 2. The van der Waals surface area contributed by atoms with Crippen LogP contribution in [0, 0.1) is 0 Å². The SMILES string of the molecule is O=C(CSc1nc(-c2ccccc2)c(NC(=O)c2cccc3ccccc23)s1)NC1CC1. The van der Waals surface area contributed by atoms with E-state index in [1.807, 2.05) is 72.8 Å². The second-order valence-electron chi connectivity index (χ2n) is 7.63. The number of nitrogens with zero attached hydrogens (tertiary/aromatic N) is 1. The van der Waals surface area contributed by atoms with E-state index in [1.54, 1.807) is 0 Å². The first-order valence-corrected chi connectivity index (χ1v) is 12.2. The average Bonchev–Trinajstić information content (AvgIpc) is 3.55. The van der Waals surface area contributed by atoms with Gasteiger partial charge in [0, 0.05) is 17.2 Å². The summed E-state index contributed by atoms with van der Waals surface area (Å²) in [5, 5.41) is 8.67. The van der Waals surface area contributed by atoms with Crippen LogP contribution < -0.4 is 10.6 Å². The van der Waals surface area contributed by atoms with Gasteiger partial charge in [0.25, 0.3) is 5.91 Å². The van der Waals surface area contributed by atoms with Crippen molar-refractivity contribution in [2.24, 2.45) is 0 Å². The zero-order valence-corrected chi connectivity index (χ0v) is 18.8. The molecule has 0 radical (unpaired) electrons. The van der Waals surface area contributed by atoms with E-state index in [9.17, 15) is 9.59 Å². The van der Waals surface area contributed by atoms with Crippen molar-refractivity contribution >= 4 is 50.7 Å². The summed E-state index contributed by atoms with van der Waals surface area (Å²) in [6, 6.07) is 23.7. The molecule has 0 unspecified atom stereocenters. The van der Waals surface area contributed by atoms with E-state index in [-0.39, 0.29) is 11.8 Å². The summed E-state index contributed by atoms with van der Waals surface area (Å²) in [5.41, 5.74) is 2.26. The highest BCUT2D eigenvalue weighted by Crippen LogP contribution is 2.38. The van der Waals surface area contributed by atoms with Crippen LogP contribution in [0.3, 0.4) is 0 Å². The van der Waals surface area contributed by atoms with Crippen molar-refractivity contribution in [3.05, 3.63) is 78.4 Å². The van der Waals surface area contributed by atoms with Gasteiger partial charge in [0.1, 0.15) is 10.7 Å². The number of hydrogen-bond acceptors (Lipinski definition) is 5. The number of amides is 2. The minimum atomic E-state index is -0.175. The van der Waals surface area contributed by atoms with Gasteiger partial charge >= 0.3 is 0 Å². The van der Waals surface area contributed by atoms with Crippen molar-refractivity contribution < 1.29 is 9.59 Å². The molecule has 1 aliphatic rings. The van der Waals surface area contributed by atoms with Gasteiger partial charge in [-0.15, -0.1) is 0 Å². The maximum absolute atomic E-state index is 13.2. The van der Waals surface area contributed by atoms with Gasteiger partial charge in [-0.1, -0.05) is 89.8 Å². The molecule has 32 heavy (non-hydrogen) atoms. The van der Waals surface area contributed by atoms with Crippen LogP contribution in [0.4, 0.5) is 5.00 Å². The number of fused-ring (bicyclic) bond motifs is 1. The molecule has 0 atom stereocenters. The molecule has 1 saturated carbocycles. The van der Waals surface area contributed by atoms with Gasteiger partial charge in [0.15, 0.2) is 4.34 Å². The van der Waals surface area contributed by atoms with Crippen molar-refractivity contribution in [3.63, 3.8) is 0 Å². The minimum Gasteiger partial charge on any atom is -0.353 e. The zero-order chi connectivity index (χ0) is 21.9. The van der Waals surface area contributed by atoms with E-state index in [0.29, 0.717) is 28.1 Å². The lowest BCUT2D eigenvalue weighted by molar-refractivity contribution is -0.118. The molecule has 0 aliphatic heterocycles. The number of hydrogen-bond donors (Lipinski definition) is 2. The van der Waals surface area contributed by atoms with Crippen molar-refractivity contribution in [3.8, 4) is 11.3 Å². The molecule has 5 rings (SSSR count). The maximum Gasteiger partial charge on any atom is 0.256 e. The summed E-state index contributed by atoms with van der Waals surface area (Å²) in [5.74, 6) is 0.163. The number of thioether (sulfide) groups is 1. The molecule has 1 heterocycles. The van der Waals surface area contributed by atoms with Gasteiger partial charge in [0.05, 0.1) is 5.75 Å². The van der Waals surface area contributed by atoms with Gasteiger partial charge in [-0.3, -0.25) is 9.59 Å². The molecule has 4 aromatic rings. The number of anilines is 1.